The highest BCUT2D eigenvalue weighted by atomic mass is 16.5. The summed E-state index contributed by atoms with van der Waals surface area (Å²) in [5.41, 5.74) is 0. The maximum absolute atomic E-state index is 8.93. The Kier molecular flexibility index (Phi) is 5.58. The molecule has 2 N–H and O–H groups in total. The molecule has 1 heterocycles. The summed E-state index contributed by atoms with van der Waals surface area (Å²) < 4.78 is 5.86. The molecular formula is C12H25NO2. The first kappa shape index (κ1) is 12.9. The lowest BCUT2D eigenvalue weighted by Gasteiger charge is -2.36. The summed E-state index contributed by atoms with van der Waals surface area (Å²) in [6, 6.07) is 1.10. The highest BCUT2D eigenvalue weighted by Crippen LogP contribution is 2.19. The van der Waals surface area contributed by atoms with Crippen LogP contribution >= 0.6 is 0 Å². The second kappa shape index (κ2) is 6.46. The fraction of sp³-hybridized carbons (Fsp3) is 1.00. The van der Waals surface area contributed by atoms with Crippen molar-refractivity contribution in [2.24, 2.45) is 5.92 Å². The monoisotopic (exact) mass is 215 g/mol. The Labute approximate surface area is 93.2 Å². The van der Waals surface area contributed by atoms with Crippen molar-refractivity contribution in [1.29, 1.82) is 0 Å². The SMILES string of the molecule is CCC1NC(C)CCC1OCC(C)CO. The zero-order valence-corrected chi connectivity index (χ0v) is 10.2. The van der Waals surface area contributed by atoms with E-state index in [0.29, 0.717) is 24.8 Å². The molecule has 0 aliphatic carbocycles. The number of ether oxygens (including phenoxy) is 1. The van der Waals surface area contributed by atoms with Crippen molar-refractivity contribution < 1.29 is 9.84 Å². The lowest BCUT2D eigenvalue weighted by atomic mass is 9.95. The summed E-state index contributed by atoms with van der Waals surface area (Å²) in [5.74, 6) is 0.252. The largest absolute Gasteiger partial charge is 0.396 e. The molecule has 1 rings (SSSR count). The minimum absolute atomic E-state index is 0.216. The van der Waals surface area contributed by atoms with E-state index in [0.717, 1.165) is 12.8 Å². The lowest BCUT2D eigenvalue weighted by Crippen LogP contribution is -2.50. The van der Waals surface area contributed by atoms with Gasteiger partial charge in [-0.25, -0.2) is 0 Å². The Morgan fingerprint density at radius 3 is 2.80 bits per heavy atom. The molecule has 0 amide bonds. The summed E-state index contributed by atoms with van der Waals surface area (Å²) in [6.45, 7) is 7.33. The van der Waals surface area contributed by atoms with Gasteiger partial charge in [0.15, 0.2) is 0 Å². The van der Waals surface area contributed by atoms with E-state index >= 15 is 0 Å². The molecule has 3 heteroatoms. The van der Waals surface area contributed by atoms with Gasteiger partial charge < -0.3 is 15.2 Å². The molecule has 1 aliphatic heterocycles. The quantitative estimate of drug-likeness (QED) is 0.731. The van der Waals surface area contributed by atoms with Crippen molar-refractivity contribution >= 4 is 0 Å². The lowest BCUT2D eigenvalue weighted by molar-refractivity contribution is -0.0221. The molecule has 1 aliphatic rings. The van der Waals surface area contributed by atoms with Crippen LogP contribution in [0, 0.1) is 5.92 Å². The predicted octanol–water partition coefficient (Wildman–Crippen LogP) is 1.55. The molecule has 0 aromatic rings. The van der Waals surface area contributed by atoms with E-state index in [1.54, 1.807) is 0 Å². The predicted molar refractivity (Wildman–Crippen MR) is 61.9 cm³/mol. The molecule has 4 unspecified atom stereocenters. The van der Waals surface area contributed by atoms with Gasteiger partial charge in [0.05, 0.1) is 12.7 Å². The summed E-state index contributed by atoms with van der Waals surface area (Å²) >= 11 is 0. The van der Waals surface area contributed by atoms with Gasteiger partial charge >= 0.3 is 0 Å². The third kappa shape index (κ3) is 4.09. The molecule has 0 bridgehead atoms. The fourth-order valence-corrected chi connectivity index (χ4v) is 2.09. The number of hydrogen-bond acceptors (Lipinski definition) is 3. The minimum Gasteiger partial charge on any atom is -0.396 e. The van der Waals surface area contributed by atoms with Gasteiger partial charge in [-0.2, -0.15) is 0 Å². The zero-order valence-electron chi connectivity index (χ0n) is 10.2. The van der Waals surface area contributed by atoms with Gasteiger partial charge in [-0.05, 0) is 26.2 Å². The van der Waals surface area contributed by atoms with Crippen LogP contribution in [-0.4, -0.2) is 36.5 Å². The van der Waals surface area contributed by atoms with Crippen LogP contribution in [0.15, 0.2) is 0 Å². The highest BCUT2D eigenvalue weighted by molar-refractivity contribution is 4.85. The first-order chi connectivity index (χ1) is 7.17. The van der Waals surface area contributed by atoms with Gasteiger partial charge in [-0.3, -0.25) is 0 Å². The molecule has 0 aromatic carbocycles. The molecule has 0 radical (unpaired) electrons. The average Bonchev–Trinajstić information content (AvgIpc) is 2.26. The Hall–Kier alpha value is -0.120. The van der Waals surface area contributed by atoms with Crippen molar-refractivity contribution in [3.8, 4) is 0 Å². The molecule has 90 valence electrons. The average molecular weight is 215 g/mol. The van der Waals surface area contributed by atoms with E-state index in [1.165, 1.54) is 6.42 Å². The van der Waals surface area contributed by atoms with E-state index in [1.807, 2.05) is 6.92 Å². The van der Waals surface area contributed by atoms with Crippen molar-refractivity contribution in [1.82, 2.24) is 5.32 Å². The minimum atomic E-state index is 0.216. The van der Waals surface area contributed by atoms with Crippen molar-refractivity contribution in [3.63, 3.8) is 0 Å². The van der Waals surface area contributed by atoms with E-state index < -0.39 is 0 Å². The Morgan fingerprint density at radius 1 is 1.47 bits per heavy atom. The molecule has 1 fully saturated rings. The van der Waals surface area contributed by atoms with E-state index in [2.05, 4.69) is 19.2 Å². The number of aliphatic hydroxyl groups is 1. The first-order valence-electron chi connectivity index (χ1n) is 6.15. The fourth-order valence-electron chi connectivity index (χ4n) is 2.09. The van der Waals surface area contributed by atoms with Crippen molar-refractivity contribution in [2.75, 3.05) is 13.2 Å². The number of hydrogen-bond donors (Lipinski definition) is 2. The molecule has 3 nitrogen and oxygen atoms in total. The Balaban J connectivity index is 2.32. The van der Waals surface area contributed by atoms with Crippen LogP contribution < -0.4 is 5.32 Å². The summed E-state index contributed by atoms with van der Waals surface area (Å²) in [7, 11) is 0. The number of nitrogens with one attached hydrogen (secondary N) is 1. The van der Waals surface area contributed by atoms with Crippen LogP contribution in [0.1, 0.15) is 40.0 Å². The van der Waals surface area contributed by atoms with E-state index in [9.17, 15) is 0 Å². The van der Waals surface area contributed by atoms with Crippen LogP contribution in [0.3, 0.4) is 0 Å². The molecule has 0 aromatic heterocycles. The standard InChI is InChI=1S/C12H25NO2/c1-4-11-12(6-5-10(3)13-11)15-8-9(2)7-14/h9-14H,4-8H2,1-3H3. The second-order valence-electron chi connectivity index (χ2n) is 4.82. The van der Waals surface area contributed by atoms with Gasteiger partial charge in [-0.1, -0.05) is 13.8 Å². The van der Waals surface area contributed by atoms with Gasteiger partial charge in [-0.15, -0.1) is 0 Å². The van der Waals surface area contributed by atoms with E-state index in [-0.39, 0.29) is 12.5 Å². The summed E-state index contributed by atoms with van der Waals surface area (Å²) in [6.07, 6.45) is 3.78. The van der Waals surface area contributed by atoms with Crippen LogP contribution in [0.4, 0.5) is 0 Å². The topological polar surface area (TPSA) is 41.5 Å². The molecule has 15 heavy (non-hydrogen) atoms. The summed E-state index contributed by atoms with van der Waals surface area (Å²) in [4.78, 5) is 0. The summed E-state index contributed by atoms with van der Waals surface area (Å²) in [5, 5.41) is 12.5. The van der Waals surface area contributed by atoms with Crippen LogP contribution in [0.5, 0.6) is 0 Å². The van der Waals surface area contributed by atoms with Crippen LogP contribution in [0.2, 0.25) is 0 Å². The van der Waals surface area contributed by atoms with Crippen LogP contribution in [-0.2, 0) is 4.74 Å². The highest BCUT2D eigenvalue weighted by Gasteiger charge is 2.27. The van der Waals surface area contributed by atoms with Gasteiger partial charge in [0.25, 0.3) is 0 Å². The zero-order chi connectivity index (χ0) is 11.3. The van der Waals surface area contributed by atoms with E-state index in [4.69, 9.17) is 9.84 Å². The van der Waals surface area contributed by atoms with Gasteiger partial charge in [0, 0.05) is 24.6 Å². The maximum Gasteiger partial charge on any atom is 0.0728 e. The third-order valence-corrected chi connectivity index (χ3v) is 3.18. The Bertz CT molecular complexity index is 175. The van der Waals surface area contributed by atoms with Gasteiger partial charge in [0.2, 0.25) is 0 Å². The smallest absolute Gasteiger partial charge is 0.0728 e. The van der Waals surface area contributed by atoms with Crippen molar-refractivity contribution in [3.05, 3.63) is 0 Å². The molecule has 0 saturated carbocycles. The third-order valence-electron chi connectivity index (χ3n) is 3.18. The molecule has 1 saturated heterocycles. The molecule has 4 atom stereocenters. The normalized spacial score (nSPS) is 34.0. The molecule has 0 spiro atoms. The number of piperidine rings is 1. The van der Waals surface area contributed by atoms with Crippen LogP contribution in [0.25, 0.3) is 0 Å². The second-order valence-corrected chi connectivity index (χ2v) is 4.82. The number of aliphatic hydroxyl groups excluding tert-OH is 1. The van der Waals surface area contributed by atoms with Gasteiger partial charge in [0.1, 0.15) is 0 Å². The number of rotatable bonds is 5. The maximum atomic E-state index is 8.93. The Morgan fingerprint density at radius 2 is 2.20 bits per heavy atom. The molecular weight excluding hydrogens is 190 g/mol. The first-order valence-corrected chi connectivity index (χ1v) is 6.15. The van der Waals surface area contributed by atoms with Crippen molar-refractivity contribution in [2.45, 2.75) is 58.2 Å².